The Balaban J connectivity index is 2.17. The molecule has 1 unspecified atom stereocenters. The maximum Gasteiger partial charge on any atom is 0.337 e. The van der Waals surface area contributed by atoms with Crippen LogP contribution in [0.4, 0.5) is 5.69 Å². The number of hydrogen-bond acceptors (Lipinski definition) is 3. The molecule has 0 radical (unpaired) electrons. The van der Waals surface area contributed by atoms with Crippen LogP contribution in [0.15, 0.2) is 18.2 Å². The van der Waals surface area contributed by atoms with E-state index in [1.54, 1.807) is 6.07 Å². The predicted molar refractivity (Wildman–Crippen MR) is 72.1 cm³/mol. The number of aryl methyl sites for hydroxylation is 1. The van der Waals surface area contributed by atoms with Crippen molar-refractivity contribution in [3.63, 3.8) is 0 Å². The fourth-order valence-electron chi connectivity index (χ4n) is 2.04. The quantitative estimate of drug-likeness (QED) is 0.867. The molecule has 92 valence electrons. The summed E-state index contributed by atoms with van der Waals surface area (Å²) in [7, 11) is 0. The largest absolute Gasteiger partial charge is 0.478 e. The van der Waals surface area contributed by atoms with Gasteiger partial charge in [0.15, 0.2) is 0 Å². The van der Waals surface area contributed by atoms with Gasteiger partial charge in [-0.3, -0.25) is 0 Å². The Hall–Kier alpha value is -1.16. The van der Waals surface area contributed by atoms with Crippen LogP contribution >= 0.6 is 11.8 Å². The molecular weight excluding hydrogens is 234 g/mol. The van der Waals surface area contributed by atoms with Gasteiger partial charge >= 0.3 is 5.97 Å². The van der Waals surface area contributed by atoms with E-state index in [1.165, 1.54) is 12.2 Å². The lowest BCUT2D eigenvalue weighted by molar-refractivity contribution is 0.0698. The zero-order valence-electron chi connectivity index (χ0n) is 9.90. The van der Waals surface area contributed by atoms with E-state index in [4.69, 9.17) is 5.11 Å². The molecule has 1 atom stereocenters. The van der Waals surface area contributed by atoms with Gasteiger partial charge in [-0.25, -0.2) is 4.79 Å². The molecule has 2 rings (SSSR count). The highest BCUT2D eigenvalue weighted by molar-refractivity contribution is 7.99. The topological polar surface area (TPSA) is 49.3 Å². The van der Waals surface area contributed by atoms with E-state index < -0.39 is 5.97 Å². The Kier molecular flexibility index (Phi) is 3.94. The van der Waals surface area contributed by atoms with Gasteiger partial charge in [-0.1, -0.05) is 6.07 Å². The molecule has 0 bridgehead atoms. The smallest absolute Gasteiger partial charge is 0.337 e. The SMILES string of the molecule is Cc1ccc(C(=O)O)c(NC2CCCSC2)c1. The van der Waals surface area contributed by atoms with Crippen LogP contribution in [-0.4, -0.2) is 28.6 Å². The van der Waals surface area contributed by atoms with E-state index in [0.717, 1.165) is 23.4 Å². The Morgan fingerprint density at radius 3 is 3.00 bits per heavy atom. The van der Waals surface area contributed by atoms with E-state index >= 15 is 0 Å². The first kappa shape index (κ1) is 12.3. The third-order valence-corrected chi connectivity index (χ3v) is 4.14. The van der Waals surface area contributed by atoms with Crippen molar-refractivity contribution in [1.82, 2.24) is 0 Å². The zero-order chi connectivity index (χ0) is 12.3. The van der Waals surface area contributed by atoms with E-state index in [1.807, 2.05) is 30.8 Å². The number of carbonyl (C=O) groups is 1. The molecule has 1 heterocycles. The number of rotatable bonds is 3. The Bertz CT molecular complexity index is 414. The maximum atomic E-state index is 11.1. The lowest BCUT2D eigenvalue weighted by Gasteiger charge is -2.24. The average molecular weight is 251 g/mol. The predicted octanol–water partition coefficient (Wildman–Crippen LogP) is 3.00. The first-order chi connectivity index (χ1) is 8.16. The summed E-state index contributed by atoms with van der Waals surface area (Å²) in [6, 6.07) is 5.83. The van der Waals surface area contributed by atoms with Crippen molar-refractivity contribution in [2.24, 2.45) is 0 Å². The number of nitrogens with one attached hydrogen (secondary N) is 1. The average Bonchev–Trinajstić information content (AvgIpc) is 2.30. The van der Waals surface area contributed by atoms with Crippen molar-refractivity contribution in [3.8, 4) is 0 Å². The van der Waals surface area contributed by atoms with Crippen molar-refractivity contribution in [2.45, 2.75) is 25.8 Å². The molecule has 0 aliphatic carbocycles. The number of hydrogen-bond donors (Lipinski definition) is 2. The van der Waals surface area contributed by atoms with Crippen LogP contribution in [-0.2, 0) is 0 Å². The molecular formula is C13H17NO2S. The summed E-state index contributed by atoms with van der Waals surface area (Å²) < 4.78 is 0. The Morgan fingerprint density at radius 2 is 2.35 bits per heavy atom. The molecule has 1 aromatic rings. The lowest BCUT2D eigenvalue weighted by atomic mass is 10.1. The van der Waals surface area contributed by atoms with E-state index in [2.05, 4.69) is 5.32 Å². The van der Waals surface area contributed by atoms with Gasteiger partial charge in [0.2, 0.25) is 0 Å². The van der Waals surface area contributed by atoms with Gasteiger partial charge in [0.05, 0.1) is 5.56 Å². The fourth-order valence-corrected chi connectivity index (χ4v) is 3.11. The van der Waals surface area contributed by atoms with Crippen molar-refractivity contribution in [1.29, 1.82) is 0 Å². The molecule has 1 aliphatic heterocycles. The van der Waals surface area contributed by atoms with Crippen LogP contribution in [0.2, 0.25) is 0 Å². The molecule has 0 amide bonds. The molecule has 0 saturated carbocycles. The van der Waals surface area contributed by atoms with E-state index in [0.29, 0.717) is 11.6 Å². The minimum absolute atomic E-state index is 0.367. The zero-order valence-corrected chi connectivity index (χ0v) is 10.7. The van der Waals surface area contributed by atoms with Gasteiger partial charge in [0.1, 0.15) is 0 Å². The molecule has 1 aliphatic rings. The first-order valence-electron chi connectivity index (χ1n) is 5.85. The summed E-state index contributed by atoms with van der Waals surface area (Å²) >= 11 is 1.93. The van der Waals surface area contributed by atoms with Gasteiger partial charge in [-0.15, -0.1) is 0 Å². The lowest BCUT2D eigenvalue weighted by Crippen LogP contribution is -2.26. The summed E-state index contributed by atoms with van der Waals surface area (Å²) in [5.74, 6) is 1.42. The number of carboxylic acids is 1. The van der Waals surface area contributed by atoms with Crippen LogP contribution in [0.3, 0.4) is 0 Å². The number of carboxylic acid groups (broad SMARTS) is 1. The van der Waals surface area contributed by atoms with Gasteiger partial charge in [0, 0.05) is 17.5 Å². The molecule has 4 heteroatoms. The first-order valence-corrected chi connectivity index (χ1v) is 7.00. The molecule has 2 N–H and O–H groups in total. The van der Waals surface area contributed by atoms with E-state index in [9.17, 15) is 4.79 Å². The van der Waals surface area contributed by atoms with E-state index in [-0.39, 0.29) is 0 Å². The molecule has 17 heavy (non-hydrogen) atoms. The number of aromatic carboxylic acids is 1. The maximum absolute atomic E-state index is 11.1. The van der Waals surface area contributed by atoms with Crippen LogP contribution in [0.5, 0.6) is 0 Å². The van der Waals surface area contributed by atoms with Gasteiger partial charge < -0.3 is 10.4 Å². The number of anilines is 1. The molecule has 1 aromatic carbocycles. The molecule has 1 saturated heterocycles. The molecule has 0 spiro atoms. The third kappa shape index (κ3) is 3.16. The Morgan fingerprint density at radius 1 is 1.53 bits per heavy atom. The number of benzene rings is 1. The second-order valence-corrected chi connectivity index (χ2v) is 5.56. The minimum atomic E-state index is -0.865. The summed E-state index contributed by atoms with van der Waals surface area (Å²) in [5, 5.41) is 12.5. The summed E-state index contributed by atoms with van der Waals surface area (Å²) in [5.41, 5.74) is 2.21. The summed E-state index contributed by atoms with van der Waals surface area (Å²) in [4.78, 5) is 11.1. The normalized spacial score (nSPS) is 19.9. The molecule has 0 aromatic heterocycles. The fraction of sp³-hybridized carbons (Fsp3) is 0.462. The second kappa shape index (κ2) is 5.45. The van der Waals surface area contributed by atoms with Crippen LogP contribution in [0.1, 0.15) is 28.8 Å². The monoisotopic (exact) mass is 251 g/mol. The van der Waals surface area contributed by atoms with Crippen molar-refractivity contribution in [3.05, 3.63) is 29.3 Å². The highest BCUT2D eigenvalue weighted by Crippen LogP contribution is 2.24. The Labute approximate surface area is 106 Å². The van der Waals surface area contributed by atoms with Crippen molar-refractivity contribution < 1.29 is 9.90 Å². The van der Waals surface area contributed by atoms with Gasteiger partial charge in [0.25, 0.3) is 0 Å². The highest BCUT2D eigenvalue weighted by Gasteiger charge is 2.17. The third-order valence-electron chi connectivity index (χ3n) is 2.93. The summed E-state index contributed by atoms with van der Waals surface area (Å²) in [6.07, 6.45) is 2.33. The van der Waals surface area contributed by atoms with Crippen LogP contribution in [0, 0.1) is 6.92 Å². The van der Waals surface area contributed by atoms with Gasteiger partial charge in [-0.05, 0) is 43.2 Å². The van der Waals surface area contributed by atoms with Crippen molar-refractivity contribution in [2.75, 3.05) is 16.8 Å². The summed E-state index contributed by atoms with van der Waals surface area (Å²) in [6.45, 7) is 1.98. The molecule has 1 fully saturated rings. The second-order valence-electron chi connectivity index (χ2n) is 4.41. The van der Waals surface area contributed by atoms with Crippen LogP contribution < -0.4 is 5.32 Å². The highest BCUT2D eigenvalue weighted by atomic mass is 32.2. The van der Waals surface area contributed by atoms with Crippen LogP contribution in [0.25, 0.3) is 0 Å². The van der Waals surface area contributed by atoms with Crippen molar-refractivity contribution >= 4 is 23.4 Å². The standard InChI is InChI=1S/C13H17NO2S/c1-9-4-5-11(13(15)16)12(7-9)14-10-3-2-6-17-8-10/h4-5,7,10,14H,2-3,6,8H2,1H3,(H,15,16). The minimum Gasteiger partial charge on any atom is -0.478 e. The number of thioether (sulfide) groups is 1. The van der Waals surface area contributed by atoms with Gasteiger partial charge in [-0.2, -0.15) is 11.8 Å². The molecule has 3 nitrogen and oxygen atoms in total.